The number of unbranched alkanes of at least 4 members (excludes halogenated alkanes) is 1. The lowest BCUT2D eigenvalue weighted by Crippen LogP contribution is -2.10. The summed E-state index contributed by atoms with van der Waals surface area (Å²) in [6.07, 6.45) is 4.00. The normalized spacial score (nSPS) is 12.8. The average Bonchev–Trinajstić information content (AvgIpc) is 1.98. The number of carbonyl (C=O) groups is 1. The third kappa shape index (κ3) is 8.15. The number of hydrogen-bond donors (Lipinski definition) is 1. The van der Waals surface area contributed by atoms with Crippen molar-refractivity contribution >= 4 is 29.1 Å². The lowest BCUT2D eigenvalue weighted by molar-refractivity contribution is -0.118. The molecule has 0 aliphatic heterocycles. The SMILES string of the molecule is NC(=O)CCCCC(Cl)CCCl. The third-order valence-corrected chi connectivity index (χ3v) is 2.27. The molecule has 0 aliphatic rings. The van der Waals surface area contributed by atoms with Gasteiger partial charge in [0, 0.05) is 17.7 Å². The lowest BCUT2D eigenvalue weighted by Gasteiger charge is -2.05. The van der Waals surface area contributed by atoms with Crippen LogP contribution in [0.2, 0.25) is 0 Å². The molecule has 0 saturated carbocycles. The van der Waals surface area contributed by atoms with E-state index in [-0.39, 0.29) is 11.3 Å². The van der Waals surface area contributed by atoms with Crippen LogP contribution in [-0.2, 0) is 4.79 Å². The highest BCUT2D eigenvalue weighted by molar-refractivity contribution is 6.22. The number of primary amides is 1. The van der Waals surface area contributed by atoms with Crippen molar-refractivity contribution in [3.63, 3.8) is 0 Å². The van der Waals surface area contributed by atoms with E-state index in [0.717, 1.165) is 25.7 Å². The van der Waals surface area contributed by atoms with Gasteiger partial charge in [0.15, 0.2) is 0 Å². The quantitative estimate of drug-likeness (QED) is 0.510. The molecule has 12 heavy (non-hydrogen) atoms. The Bertz CT molecular complexity index is 130. The summed E-state index contributed by atoms with van der Waals surface area (Å²) in [5.74, 6) is 0.364. The van der Waals surface area contributed by atoms with Crippen molar-refractivity contribution in [2.45, 2.75) is 37.5 Å². The Kier molecular flexibility index (Phi) is 7.72. The zero-order valence-electron chi connectivity index (χ0n) is 7.06. The molecule has 0 saturated heterocycles. The Morgan fingerprint density at radius 2 is 2.00 bits per heavy atom. The summed E-state index contributed by atoms with van der Waals surface area (Å²) in [5.41, 5.74) is 4.97. The van der Waals surface area contributed by atoms with Crippen molar-refractivity contribution in [3.05, 3.63) is 0 Å². The minimum absolute atomic E-state index is 0.148. The van der Waals surface area contributed by atoms with Crippen LogP contribution in [0.15, 0.2) is 0 Å². The topological polar surface area (TPSA) is 43.1 Å². The van der Waals surface area contributed by atoms with Gasteiger partial charge in [0.1, 0.15) is 0 Å². The molecule has 2 N–H and O–H groups in total. The van der Waals surface area contributed by atoms with Crippen LogP contribution in [0.5, 0.6) is 0 Å². The minimum Gasteiger partial charge on any atom is -0.370 e. The van der Waals surface area contributed by atoms with Crippen molar-refractivity contribution in [3.8, 4) is 0 Å². The lowest BCUT2D eigenvalue weighted by atomic mass is 10.1. The summed E-state index contributed by atoms with van der Waals surface area (Å²) < 4.78 is 0. The molecule has 0 aromatic carbocycles. The minimum atomic E-state index is -0.238. The van der Waals surface area contributed by atoms with E-state index in [1.807, 2.05) is 0 Å². The molecule has 0 aliphatic carbocycles. The molecule has 0 rings (SSSR count). The number of amides is 1. The summed E-state index contributed by atoms with van der Waals surface area (Å²) >= 11 is 11.4. The maximum Gasteiger partial charge on any atom is 0.217 e. The predicted molar refractivity (Wildman–Crippen MR) is 52.6 cm³/mol. The van der Waals surface area contributed by atoms with Gasteiger partial charge in [0.2, 0.25) is 5.91 Å². The molecule has 0 aromatic heterocycles. The van der Waals surface area contributed by atoms with Crippen molar-refractivity contribution < 1.29 is 4.79 Å². The molecule has 1 atom stereocenters. The van der Waals surface area contributed by atoms with E-state index < -0.39 is 0 Å². The first kappa shape index (κ1) is 12.0. The van der Waals surface area contributed by atoms with E-state index in [2.05, 4.69) is 0 Å². The van der Waals surface area contributed by atoms with Gasteiger partial charge in [-0.3, -0.25) is 4.79 Å². The first-order valence-corrected chi connectivity index (χ1v) is 5.12. The van der Waals surface area contributed by atoms with Gasteiger partial charge in [-0.15, -0.1) is 23.2 Å². The zero-order valence-corrected chi connectivity index (χ0v) is 8.57. The Hall–Kier alpha value is 0.0500. The third-order valence-electron chi connectivity index (χ3n) is 1.61. The monoisotopic (exact) mass is 211 g/mol. The van der Waals surface area contributed by atoms with Crippen LogP contribution < -0.4 is 5.73 Å². The fourth-order valence-corrected chi connectivity index (χ4v) is 1.57. The average molecular weight is 212 g/mol. The van der Waals surface area contributed by atoms with Gasteiger partial charge in [-0.05, 0) is 19.3 Å². The summed E-state index contributed by atoms with van der Waals surface area (Å²) in [5, 5.41) is 0.148. The first-order chi connectivity index (χ1) is 5.66. The van der Waals surface area contributed by atoms with Crippen LogP contribution in [0.25, 0.3) is 0 Å². The van der Waals surface area contributed by atoms with Gasteiger partial charge in [-0.25, -0.2) is 0 Å². The first-order valence-electron chi connectivity index (χ1n) is 4.15. The van der Waals surface area contributed by atoms with Gasteiger partial charge < -0.3 is 5.73 Å². The van der Waals surface area contributed by atoms with Gasteiger partial charge in [-0.2, -0.15) is 0 Å². The van der Waals surface area contributed by atoms with Crippen LogP contribution in [0, 0.1) is 0 Å². The van der Waals surface area contributed by atoms with Crippen LogP contribution in [0.3, 0.4) is 0 Å². The van der Waals surface area contributed by atoms with Gasteiger partial charge in [0.05, 0.1) is 0 Å². The van der Waals surface area contributed by atoms with Crippen LogP contribution in [-0.4, -0.2) is 17.2 Å². The maximum absolute atomic E-state index is 10.3. The fourth-order valence-electron chi connectivity index (χ4n) is 0.928. The number of hydrogen-bond acceptors (Lipinski definition) is 1. The highest BCUT2D eigenvalue weighted by atomic mass is 35.5. The van der Waals surface area contributed by atoms with Crippen LogP contribution in [0.1, 0.15) is 32.1 Å². The van der Waals surface area contributed by atoms with Gasteiger partial charge in [0.25, 0.3) is 0 Å². The predicted octanol–water partition coefficient (Wildman–Crippen LogP) is 2.27. The van der Waals surface area contributed by atoms with Crippen LogP contribution >= 0.6 is 23.2 Å². The summed E-state index contributed by atoms with van der Waals surface area (Å²) in [4.78, 5) is 10.3. The van der Waals surface area contributed by atoms with Crippen molar-refractivity contribution in [1.29, 1.82) is 0 Å². The number of alkyl halides is 2. The zero-order chi connectivity index (χ0) is 9.40. The summed E-state index contributed by atoms with van der Waals surface area (Å²) in [6.45, 7) is 0. The molecule has 0 bridgehead atoms. The van der Waals surface area contributed by atoms with Gasteiger partial charge in [-0.1, -0.05) is 6.42 Å². The molecular weight excluding hydrogens is 197 g/mol. The number of halogens is 2. The Morgan fingerprint density at radius 3 is 2.50 bits per heavy atom. The highest BCUT2D eigenvalue weighted by Crippen LogP contribution is 2.12. The summed E-state index contributed by atoms with van der Waals surface area (Å²) in [6, 6.07) is 0. The molecule has 72 valence electrons. The van der Waals surface area contributed by atoms with Crippen LogP contribution in [0.4, 0.5) is 0 Å². The second-order valence-corrected chi connectivity index (χ2v) is 3.78. The molecule has 0 fully saturated rings. The number of rotatable bonds is 7. The van der Waals surface area contributed by atoms with E-state index >= 15 is 0 Å². The molecule has 2 nitrogen and oxygen atoms in total. The second kappa shape index (κ2) is 7.69. The van der Waals surface area contributed by atoms with Crippen molar-refractivity contribution in [1.82, 2.24) is 0 Å². The molecule has 4 heteroatoms. The van der Waals surface area contributed by atoms with Gasteiger partial charge >= 0.3 is 0 Å². The van der Waals surface area contributed by atoms with Crippen molar-refractivity contribution in [2.24, 2.45) is 5.73 Å². The molecule has 1 unspecified atom stereocenters. The Morgan fingerprint density at radius 1 is 1.33 bits per heavy atom. The number of carbonyl (C=O) groups excluding carboxylic acids is 1. The molecule has 0 radical (unpaired) electrons. The van der Waals surface area contributed by atoms with E-state index in [9.17, 15) is 4.79 Å². The maximum atomic E-state index is 10.3. The molecule has 0 spiro atoms. The fraction of sp³-hybridized carbons (Fsp3) is 0.875. The summed E-state index contributed by atoms with van der Waals surface area (Å²) in [7, 11) is 0. The Labute approximate surface area is 83.4 Å². The standard InChI is InChI=1S/C8H15Cl2NO/c9-6-5-7(10)3-1-2-4-8(11)12/h7H,1-6H2,(H2,11,12). The van der Waals surface area contributed by atoms with E-state index in [4.69, 9.17) is 28.9 Å². The smallest absolute Gasteiger partial charge is 0.217 e. The molecule has 0 heterocycles. The highest BCUT2D eigenvalue weighted by Gasteiger charge is 2.03. The second-order valence-electron chi connectivity index (χ2n) is 2.79. The van der Waals surface area contributed by atoms with E-state index in [1.165, 1.54) is 0 Å². The Balaban J connectivity index is 3.13. The largest absolute Gasteiger partial charge is 0.370 e. The van der Waals surface area contributed by atoms with E-state index in [0.29, 0.717) is 12.3 Å². The van der Waals surface area contributed by atoms with E-state index in [1.54, 1.807) is 0 Å². The van der Waals surface area contributed by atoms with Crippen molar-refractivity contribution in [2.75, 3.05) is 5.88 Å². The molecule has 1 amide bonds. The molecular formula is C8H15Cl2NO. The molecule has 0 aromatic rings. The number of nitrogens with two attached hydrogens (primary N) is 1.